The number of benzene rings is 2. The van der Waals surface area contributed by atoms with Crippen LogP contribution in [0, 0.1) is 24.0 Å². The van der Waals surface area contributed by atoms with Gasteiger partial charge in [-0.15, -0.1) is 6.42 Å². The molecule has 0 saturated carbocycles. The van der Waals surface area contributed by atoms with E-state index < -0.39 is 11.6 Å². The van der Waals surface area contributed by atoms with E-state index in [4.69, 9.17) is 16.1 Å². The van der Waals surface area contributed by atoms with E-state index in [1.807, 2.05) is 48.0 Å². The molecule has 3 aliphatic heterocycles. The van der Waals surface area contributed by atoms with Crippen LogP contribution in [0.15, 0.2) is 48.7 Å². The third-order valence-corrected chi connectivity index (χ3v) is 10.4. The van der Waals surface area contributed by atoms with E-state index in [0.717, 1.165) is 38.8 Å². The normalized spacial score (nSPS) is 19.0. The van der Waals surface area contributed by atoms with Crippen molar-refractivity contribution in [1.82, 2.24) is 29.7 Å². The van der Waals surface area contributed by atoms with E-state index in [1.54, 1.807) is 30.5 Å². The number of likely N-dealkylation sites (tertiary alicyclic amines) is 1. The van der Waals surface area contributed by atoms with Gasteiger partial charge in [0.05, 0.1) is 16.5 Å². The smallest absolute Gasteiger partial charge is 0.319 e. The van der Waals surface area contributed by atoms with Crippen molar-refractivity contribution >= 4 is 33.4 Å². The van der Waals surface area contributed by atoms with Crippen LogP contribution in [0.25, 0.3) is 32.9 Å². The molecule has 11 heteroatoms. The maximum atomic E-state index is 16.9. The molecule has 254 valence electrons. The Kier molecular flexibility index (Phi) is 8.94. The number of halogens is 2. The number of nitrogens with zero attached hydrogens (tertiary/aromatic N) is 7. The van der Waals surface area contributed by atoms with Crippen molar-refractivity contribution in [3.05, 3.63) is 65.9 Å². The minimum atomic E-state index is -0.671. The molecule has 5 heterocycles. The third-order valence-electron chi connectivity index (χ3n) is 10.4. The molecule has 2 aromatic heterocycles. The fraction of sp³-hybridized carbons (Fsp3) is 0.421. The van der Waals surface area contributed by atoms with Crippen molar-refractivity contribution in [3.63, 3.8) is 0 Å². The number of hydrogen-bond acceptors (Lipinski definition) is 8. The van der Waals surface area contributed by atoms with Gasteiger partial charge in [0, 0.05) is 55.9 Å². The quantitative estimate of drug-likeness (QED) is 0.177. The predicted octanol–water partition coefficient (Wildman–Crippen LogP) is 5.27. The molecule has 0 radical (unpaired) electrons. The summed E-state index contributed by atoms with van der Waals surface area (Å²) in [6, 6.07) is 8.22. The fourth-order valence-corrected chi connectivity index (χ4v) is 7.80. The lowest BCUT2D eigenvalue weighted by atomic mass is 9.95. The Morgan fingerprint density at radius 3 is 2.67 bits per heavy atom. The number of amides is 1. The lowest BCUT2D eigenvalue weighted by molar-refractivity contribution is -0.125. The number of terminal acetylenes is 1. The lowest BCUT2D eigenvalue weighted by Gasteiger charge is -2.31. The summed E-state index contributed by atoms with van der Waals surface area (Å²) >= 11 is 0. The standard InChI is InChI=1S/C38H41F2N7O2/c1-5-27-30(39)14-13-25-10-6-11-28(32(25)27)34-33(40)35-29(22-41-34)36(43-37(42-35)49-24-38-16-8-19-47(38)20-9-17-38)45(4)26-15-21-46(23-26)31(48)12-7-18-44(2)3/h1,6-7,10-14,22,26H,8-9,15-21,23-24H2,2-4H3/b12-7+. The van der Waals surface area contributed by atoms with Crippen molar-refractivity contribution in [2.75, 3.05) is 65.4 Å². The third kappa shape index (κ3) is 6.08. The average molecular weight is 666 g/mol. The van der Waals surface area contributed by atoms with Crippen LogP contribution in [-0.2, 0) is 4.79 Å². The monoisotopic (exact) mass is 665 g/mol. The highest BCUT2D eigenvalue weighted by atomic mass is 19.1. The highest BCUT2D eigenvalue weighted by molar-refractivity contribution is 6.02. The second kappa shape index (κ2) is 13.3. The summed E-state index contributed by atoms with van der Waals surface area (Å²) in [4.78, 5) is 35.3. The van der Waals surface area contributed by atoms with Crippen LogP contribution < -0.4 is 9.64 Å². The zero-order valence-electron chi connectivity index (χ0n) is 28.3. The Morgan fingerprint density at radius 2 is 1.92 bits per heavy atom. The van der Waals surface area contributed by atoms with Gasteiger partial charge in [0.25, 0.3) is 0 Å². The number of fused-ring (bicyclic) bond motifs is 3. The highest BCUT2D eigenvalue weighted by Gasteiger charge is 2.45. The molecule has 3 saturated heterocycles. The van der Waals surface area contributed by atoms with E-state index in [9.17, 15) is 9.18 Å². The molecule has 1 unspecified atom stereocenters. The van der Waals surface area contributed by atoms with E-state index in [0.29, 0.717) is 60.2 Å². The predicted molar refractivity (Wildman–Crippen MR) is 187 cm³/mol. The number of ether oxygens (including phenoxy) is 1. The van der Waals surface area contributed by atoms with E-state index in [1.165, 1.54) is 6.07 Å². The van der Waals surface area contributed by atoms with Crippen molar-refractivity contribution in [2.45, 2.75) is 43.7 Å². The van der Waals surface area contributed by atoms with Crippen molar-refractivity contribution in [3.8, 4) is 29.6 Å². The number of carbonyl (C=O) groups is 1. The zero-order valence-corrected chi connectivity index (χ0v) is 28.3. The minimum absolute atomic E-state index is 0.0111. The van der Waals surface area contributed by atoms with Gasteiger partial charge in [-0.25, -0.2) is 8.78 Å². The average Bonchev–Trinajstić information content (AvgIpc) is 3.84. The molecular weight excluding hydrogens is 624 g/mol. The highest BCUT2D eigenvalue weighted by Crippen LogP contribution is 2.40. The molecule has 1 atom stereocenters. The van der Waals surface area contributed by atoms with Crippen molar-refractivity contribution in [1.29, 1.82) is 0 Å². The molecule has 0 N–H and O–H groups in total. The number of pyridine rings is 1. The van der Waals surface area contributed by atoms with Crippen molar-refractivity contribution < 1.29 is 18.3 Å². The van der Waals surface area contributed by atoms with Crippen LogP contribution in [0.3, 0.4) is 0 Å². The summed E-state index contributed by atoms with van der Waals surface area (Å²) in [6.45, 7) is 4.27. The van der Waals surface area contributed by atoms with Gasteiger partial charge >= 0.3 is 6.01 Å². The molecule has 9 nitrogen and oxygen atoms in total. The fourth-order valence-electron chi connectivity index (χ4n) is 7.80. The van der Waals surface area contributed by atoms with Gasteiger partial charge in [0.15, 0.2) is 5.82 Å². The van der Waals surface area contributed by atoms with Gasteiger partial charge < -0.3 is 19.4 Å². The first kappa shape index (κ1) is 32.9. The number of aromatic nitrogens is 3. The summed E-state index contributed by atoms with van der Waals surface area (Å²) in [5.74, 6) is 1.64. The van der Waals surface area contributed by atoms with Crippen LogP contribution in [0.4, 0.5) is 14.6 Å². The maximum absolute atomic E-state index is 16.9. The Balaban J connectivity index is 1.28. The van der Waals surface area contributed by atoms with Crippen LogP contribution >= 0.6 is 0 Å². The SMILES string of the molecule is C#Cc1c(F)ccc2cccc(-c3ncc4c(N(C)C5CCN(C(=O)/C=C/CN(C)C)C5)nc(OCC56CCCN5CCC6)nc4c3F)c12. The molecule has 0 spiro atoms. The van der Waals surface area contributed by atoms with Gasteiger partial charge in [-0.1, -0.05) is 36.3 Å². The molecule has 7 rings (SSSR count). The molecule has 0 aliphatic carbocycles. The summed E-state index contributed by atoms with van der Waals surface area (Å²) in [7, 11) is 5.81. The number of rotatable bonds is 9. The molecule has 1 amide bonds. The first-order valence-electron chi connectivity index (χ1n) is 16.9. The molecule has 49 heavy (non-hydrogen) atoms. The molecular formula is C38H41F2N7O2. The summed E-state index contributed by atoms with van der Waals surface area (Å²) in [5, 5.41) is 1.50. The first-order chi connectivity index (χ1) is 23.7. The number of anilines is 1. The number of carbonyl (C=O) groups excluding carboxylic acids is 1. The molecule has 3 fully saturated rings. The Hall–Kier alpha value is -4.66. The topological polar surface area (TPSA) is 77.9 Å². The second-order valence-electron chi connectivity index (χ2n) is 13.7. The Labute approximate surface area is 285 Å². The molecule has 2 aromatic carbocycles. The van der Waals surface area contributed by atoms with Crippen LogP contribution in [0.1, 0.15) is 37.7 Å². The van der Waals surface area contributed by atoms with Crippen LogP contribution in [-0.4, -0.2) is 108 Å². The molecule has 0 bridgehead atoms. The van der Waals surface area contributed by atoms with E-state index >= 15 is 4.39 Å². The van der Waals surface area contributed by atoms with Crippen LogP contribution in [0.2, 0.25) is 0 Å². The zero-order chi connectivity index (χ0) is 34.3. The largest absolute Gasteiger partial charge is 0.461 e. The minimum Gasteiger partial charge on any atom is -0.461 e. The van der Waals surface area contributed by atoms with Gasteiger partial charge in [-0.05, 0) is 70.7 Å². The van der Waals surface area contributed by atoms with E-state index in [2.05, 4.69) is 20.8 Å². The van der Waals surface area contributed by atoms with Gasteiger partial charge in [-0.2, -0.15) is 9.97 Å². The van der Waals surface area contributed by atoms with Gasteiger partial charge in [-0.3, -0.25) is 14.7 Å². The number of likely N-dealkylation sites (N-methyl/N-ethyl adjacent to an activating group) is 2. The number of hydrogen-bond donors (Lipinski definition) is 0. The van der Waals surface area contributed by atoms with Gasteiger partial charge in [0.1, 0.15) is 29.5 Å². The first-order valence-corrected chi connectivity index (χ1v) is 16.9. The second-order valence-corrected chi connectivity index (χ2v) is 13.7. The van der Waals surface area contributed by atoms with Gasteiger partial charge in [0.2, 0.25) is 5.91 Å². The Bertz CT molecular complexity index is 1980. The summed E-state index contributed by atoms with van der Waals surface area (Å²) in [5.41, 5.74) is 0.431. The van der Waals surface area contributed by atoms with Crippen LogP contribution in [0.5, 0.6) is 6.01 Å². The maximum Gasteiger partial charge on any atom is 0.319 e. The van der Waals surface area contributed by atoms with Crippen molar-refractivity contribution in [2.24, 2.45) is 0 Å². The molecule has 4 aromatic rings. The summed E-state index contributed by atoms with van der Waals surface area (Å²) in [6.07, 6.45) is 15.8. The van der Waals surface area contributed by atoms with E-state index in [-0.39, 0.29) is 40.3 Å². The Morgan fingerprint density at radius 1 is 1.12 bits per heavy atom. The summed E-state index contributed by atoms with van der Waals surface area (Å²) < 4.78 is 38.1. The molecule has 3 aliphatic rings. The lowest BCUT2D eigenvalue weighted by Crippen LogP contribution is -2.43.